The van der Waals surface area contributed by atoms with Gasteiger partial charge in [-0.15, -0.1) is 0 Å². The Labute approximate surface area is 152 Å². The summed E-state index contributed by atoms with van der Waals surface area (Å²) in [5, 5.41) is 8.88. The van der Waals surface area contributed by atoms with Crippen molar-refractivity contribution in [1.29, 1.82) is 5.26 Å². The minimum atomic E-state index is -0.394. The quantitative estimate of drug-likeness (QED) is 0.387. The molecule has 0 fully saturated rings. The number of carbonyl (C=O) groups excluding carboxylic acids is 1. The fourth-order valence-corrected chi connectivity index (χ4v) is 2.24. The van der Waals surface area contributed by atoms with Gasteiger partial charge >= 0.3 is 5.97 Å². The lowest BCUT2D eigenvalue weighted by Gasteiger charge is -2.12. The van der Waals surface area contributed by atoms with E-state index in [4.69, 9.17) is 24.2 Å². The van der Waals surface area contributed by atoms with Crippen molar-refractivity contribution in [3.8, 4) is 29.1 Å². The minimum absolute atomic E-state index is 0.194. The zero-order valence-electron chi connectivity index (χ0n) is 14.9. The van der Waals surface area contributed by atoms with E-state index in [1.54, 1.807) is 12.1 Å². The lowest BCUT2D eigenvalue weighted by atomic mass is 10.2. The highest BCUT2D eigenvalue weighted by atomic mass is 16.6. The van der Waals surface area contributed by atoms with Gasteiger partial charge in [-0.3, -0.25) is 4.79 Å². The van der Waals surface area contributed by atoms with Crippen LogP contribution in [0.25, 0.3) is 0 Å². The van der Waals surface area contributed by atoms with Gasteiger partial charge in [0, 0.05) is 12.5 Å². The average molecular weight is 355 g/mol. The van der Waals surface area contributed by atoms with Crippen molar-refractivity contribution in [2.45, 2.75) is 19.8 Å². The fourth-order valence-electron chi connectivity index (χ4n) is 2.24. The van der Waals surface area contributed by atoms with Crippen LogP contribution in [0, 0.1) is 11.3 Å². The summed E-state index contributed by atoms with van der Waals surface area (Å²) in [6, 6.07) is 14.0. The van der Waals surface area contributed by atoms with Crippen molar-refractivity contribution >= 4 is 5.97 Å². The van der Waals surface area contributed by atoms with E-state index in [2.05, 4.69) is 0 Å². The van der Waals surface area contributed by atoms with Gasteiger partial charge in [0.05, 0.1) is 32.0 Å². The topological polar surface area (TPSA) is 77.8 Å². The molecular formula is C20H21NO5. The van der Waals surface area contributed by atoms with E-state index in [0.717, 1.165) is 0 Å². The molecule has 0 saturated heterocycles. The van der Waals surface area contributed by atoms with Crippen LogP contribution in [0.15, 0.2) is 42.5 Å². The molecule has 0 N–H and O–H groups in total. The van der Waals surface area contributed by atoms with Gasteiger partial charge in [-0.1, -0.05) is 12.1 Å². The lowest BCUT2D eigenvalue weighted by Crippen LogP contribution is -2.11. The van der Waals surface area contributed by atoms with Crippen molar-refractivity contribution in [2.75, 3.05) is 20.3 Å². The van der Waals surface area contributed by atoms with Crippen molar-refractivity contribution in [2.24, 2.45) is 0 Å². The standard InChI is InChI=1S/C20H21NO5/c1-3-24-16-7-4-5-8-17(16)25-12-6-9-20(22)26-18-11-10-15(14-21)13-19(18)23-2/h4-5,7-8,10-11,13H,3,6,9,12H2,1-2H3. The van der Waals surface area contributed by atoms with Crippen LogP contribution in [-0.4, -0.2) is 26.3 Å². The summed E-state index contributed by atoms with van der Waals surface area (Å²) in [7, 11) is 1.46. The minimum Gasteiger partial charge on any atom is -0.493 e. The summed E-state index contributed by atoms with van der Waals surface area (Å²) in [6.07, 6.45) is 0.692. The largest absolute Gasteiger partial charge is 0.493 e. The second-order valence-electron chi connectivity index (χ2n) is 5.28. The van der Waals surface area contributed by atoms with E-state index in [1.165, 1.54) is 13.2 Å². The first kappa shape index (κ1) is 19.1. The molecule has 0 aliphatic carbocycles. The molecule has 26 heavy (non-hydrogen) atoms. The van der Waals surface area contributed by atoms with E-state index in [9.17, 15) is 4.79 Å². The summed E-state index contributed by atoms with van der Waals surface area (Å²) >= 11 is 0. The van der Waals surface area contributed by atoms with Gasteiger partial charge in [-0.25, -0.2) is 0 Å². The molecule has 0 radical (unpaired) electrons. The van der Waals surface area contributed by atoms with Gasteiger partial charge in [0.15, 0.2) is 23.0 Å². The number of esters is 1. The Hall–Kier alpha value is -3.20. The van der Waals surface area contributed by atoms with Gasteiger partial charge in [-0.05, 0) is 37.6 Å². The second-order valence-corrected chi connectivity index (χ2v) is 5.28. The number of rotatable bonds is 9. The molecule has 6 nitrogen and oxygen atoms in total. The molecule has 0 heterocycles. The predicted octanol–water partition coefficient (Wildman–Crippen LogP) is 3.73. The Kier molecular flexibility index (Phi) is 7.31. The Morgan fingerprint density at radius 2 is 1.77 bits per heavy atom. The Morgan fingerprint density at radius 1 is 1.04 bits per heavy atom. The molecule has 0 atom stereocenters. The first-order chi connectivity index (χ1) is 12.7. The van der Waals surface area contributed by atoms with Gasteiger partial charge < -0.3 is 18.9 Å². The number of hydrogen-bond acceptors (Lipinski definition) is 6. The maximum atomic E-state index is 12.0. The lowest BCUT2D eigenvalue weighted by molar-refractivity contribution is -0.134. The zero-order valence-corrected chi connectivity index (χ0v) is 14.9. The van der Waals surface area contributed by atoms with Crippen molar-refractivity contribution in [3.63, 3.8) is 0 Å². The molecule has 2 rings (SSSR count). The third-order valence-electron chi connectivity index (χ3n) is 3.45. The molecule has 0 bridgehead atoms. The first-order valence-electron chi connectivity index (χ1n) is 8.31. The predicted molar refractivity (Wildman–Crippen MR) is 95.7 cm³/mol. The van der Waals surface area contributed by atoms with Crippen molar-refractivity contribution in [3.05, 3.63) is 48.0 Å². The summed E-state index contributed by atoms with van der Waals surface area (Å²) < 4.78 is 21.6. The number of nitrogens with zero attached hydrogens (tertiary/aromatic N) is 1. The summed E-state index contributed by atoms with van der Waals surface area (Å²) in [5.74, 6) is 1.57. The number of benzene rings is 2. The van der Waals surface area contributed by atoms with Crippen LogP contribution in [0.4, 0.5) is 0 Å². The van der Waals surface area contributed by atoms with Crippen molar-refractivity contribution in [1.82, 2.24) is 0 Å². The monoisotopic (exact) mass is 355 g/mol. The van der Waals surface area contributed by atoms with Crippen LogP contribution in [0.3, 0.4) is 0 Å². The van der Waals surface area contributed by atoms with E-state index < -0.39 is 5.97 Å². The van der Waals surface area contributed by atoms with Gasteiger partial charge in [0.25, 0.3) is 0 Å². The summed E-state index contributed by atoms with van der Waals surface area (Å²) in [5.41, 5.74) is 0.433. The zero-order chi connectivity index (χ0) is 18.8. The molecule has 0 spiro atoms. The molecular weight excluding hydrogens is 334 g/mol. The van der Waals surface area contributed by atoms with Crippen molar-refractivity contribution < 1.29 is 23.7 Å². The number of para-hydroxylation sites is 2. The van der Waals surface area contributed by atoms with Crippen LogP contribution < -0.4 is 18.9 Å². The van der Waals surface area contributed by atoms with Crippen LogP contribution in [0.2, 0.25) is 0 Å². The van der Waals surface area contributed by atoms with Crippen LogP contribution in [0.5, 0.6) is 23.0 Å². The maximum absolute atomic E-state index is 12.0. The molecule has 0 aliphatic heterocycles. The van der Waals surface area contributed by atoms with Gasteiger partial charge in [-0.2, -0.15) is 5.26 Å². The number of hydrogen-bond donors (Lipinski definition) is 0. The normalized spacial score (nSPS) is 9.88. The fraction of sp³-hybridized carbons (Fsp3) is 0.300. The molecule has 0 aromatic heterocycles. The van der Waals surface area contributed by atoms with Gasteiger partial charge in [0.2, 0.25) is 0 Å². The third-order valence-corrected chi connectivity index (χ3v) is 3.45. The third kappa shape index (κ3) is 5.42. The highest BCUT2D eigenvalue weighted by Crippen LogP contribution is 2.28. The number of methoxy groups -OCH3 is 1. The smallest absolute Gasteiger partial charge is 0.311 e. The number of ether oxygens (including phenoxy) is 4. The highest BCUT2D eigenvalue weighted by Gasteiger charge is 2.11. The molecule has 0 aliphatic rings. The molecule has 2 aromatic rings. The number of carbonyl (C=O) groups is 1. The van der Waals surface area contributed by atoms with Crippen LogP contribution >= 0.6 is 0 Å². The Bertz CT molecular complexity index is 782. The summed E-state index contributed by atoms with van der Waals surface area (Å²) in [6.45, 7) is 2.83. The molecule has 0 saturated carbocycles. The van der Waals surface area contributed by atoms with Gasteiger partial charge in [0.1, 0.15) is 0 Å². The average Bonchev–Trinajstić information content (AvgIpc) is 2.67. The second kappa shape index (κ2) is 9.94. The van der Waals surface area contributed by atoms with E-state index in [0.29, 0.717) is 48.2 Å². The molecule has 2 aromatic carbocycles. The van der Waals surface area contributed by atoms with Crippen LogP contribution in [0.1, 0.15) is 25.3 Å². The first-order valence-corrected chi connectivity index (χ1v) is 8.31. The molecule has 6 heteroatoms. The summed E-state index contributed by atoms with van der Waals surface area (Å²) in [4.78, 5) is 12.0. The Balaban J connectivity index is 1.82. The molecule has 0 unspecified atom stereocenters. The SMILES string of the molecule is CCOc1ccccc1OCCCC(=O)Oc1ccc(C#N)cc1OC. The molecule has 136 valence electrons. The molecule has 0 amide bonds. The highest BCUT2D eigenvalue weighted by molar-refractivity contribution is 5.73. The number of nitriles is 1. The Morgan fingerprint density at radius 3 is 2.42 bits per heavy atom. The maximum Gasteiger partial charge on any atom is 0.311 e. The van der Waals surface area contributed by atoms with E-state index in [1.807, 2.05) is 37.3 Å². The van der Waals surface area contributed by atoms with Crippen LogP contribution in [-0.2, 0) is 4.79 Å². The van der Waals surface area contributed by atoms with E-state index >= 15 is 0 Å². The van der Waals surface area contributed by atoms with E-state index in [-0.39, 0.29) is 6.42 Å².